The Balaban J connectivity index is 1.69. The molecule has 2 aliphatic heterocycles. The van der Waals surface area contributed by atoms with Crippen molar-refractivity contribution in [1.29, 1.82) is 0 Å². The van der Waals surface area contributed by atoms with Gasteiger partial charge >= 0.3 is 0 Å². The average Bonchev–Trinajstić information content (AvgIpc) is 2.77. The standard InChI is InChI=1S/C10H17N5/c1-3-11-4-2-9(1)14-5-6-15-8-12-13-10(15)7-14/h8-9,11H,1-7H2. The molecule has 5 nitrogen and oxygen atoms in total. The van der Waals surface area contributed by atoms with Gasteiger partial charge in [0.05, 0.1) is 6.54 Å². The van der Waals surface area contributed by atoms with Gasteiger partial charge in [0, 0.05) is 19.1 Å². The van der Waals surface area contributed by atoms with E-state index < -0.39 is 0 Å². The number of fused-ring (bicyclic) bond motifs is 1. The lowest BCUT2D eigenvalue weighted by molar-refractivity contribution is 0.126. The second kappa shape index (κ2) is 3.90. The van der Waals surface area contributed by atoms with E-state index in [0.29, 0.717) is 0 Å². The van der Waals surface area contributed by atoms with Gasteiger partial charge in [0.2, 0.25) is 0 Å². The van der Waals surface area contributed by atoms with Crippen LogP contribution < -0.4 is 5.32 Å². The SMILES string of the molecule is c1nnc2n1CCN(C1CCNCC1)C2. The Morgan fingerprint density at radius 3 is 3.00 bits per heavy atom. The monoisotopic (exact) mass is 207 g/mol. The van der Waals surface area contributed by atoms with Crippen LogP contribution >= 0.6 is 0 Å². The molecule has 0 radical (unpaired) electrons. The Hall–Kier alpha value is -0.940. The second-order valence-corrected chi connectivity index (χ2v) is 4.39. The third-order valence-corrected chi connectivity index (χ3v) is 3.49. The van der Waals surface area contributed by atoms with Gasteiger partial charge < -0.3 is 9.88 Å². The lowest BCUT2D eigenvalue weighted by atomic mass is 10.0. The molecule has 2 aliphatic rings. The van der Waals surface area contributed by atoms with E-state index in [1.165, 1.54) is 12.8 Å². The van der Waals surface area contributed by atoms with Gasteiger partial charge in [0.1, 0.15) is 12.2 Å². The average molecular weight is 207 g/mol. The maximum absolute atomic E-state index is 4.16. The van der Waals surface area contributed by atoms with Crippen molar-refractivity contribution in [1.82, 2.24) is 25.0 Å². The molecule has 0 bridgehead atoms. The van der Waals surface area contributed by atoms with Crippen molar-refractivity contribution in [2.75, 3.05) is 19.6 Å². The minimum Gasteiger partial charge on any atom is -0.317 e. The van der Waals surface area contributed by atoms with E-state index in [4.69, 9.17) is 0 Å². The minimum absolute atomic E-state index is 0.747. The number of piperidine rings is 1. The van der Waals surface area contributed by atoms with Gasteiger partial charge in [-0.1, -0.05) is 0 Å². The van der Waals surface area contributed by atoms with Gasteiger partial charge in [0.25, 0.3) is 0 Å². The van der Waals surface area contributed by atoms with Crippen molar-refractivity contribution in [2.45, 2.75) is 32.0 Å². The first-order chi connectivity index (χ1) is 7.43. The number of hydrogen-bond donors (Lipinski definition) is 1. The third kappa shape index (κ3) is 1.77. The van der Waals surface area contributed by atoms with Crippen LogP contribution in [0.15, 0.2) is 6.33 Å². The Morgan fingerprint density at radius 2 is 2.13 bits per heavy atom. The molecule has 0 atom stereocenters. The molecular weight excluding hydrogens is 190 g/mol. The first kappa shape index (κ1) is 9.30. The molecule has 3 heterocycles. The maximum atomic E-state index is 4.16. The summed E-state index contributed by atoms with van der Waals surface area (Å²) in [5, 5.41) is 11.5. The summed E-state index contributed by atoms with van der Waals surface area (Å²) in [4.78, 5) is 2.56. The molecule has 1 aromatic rings. The molecule has 0 amide bonds. The van der Waals surface area contributed by atoms with Gasteiger partial charge in [-0.2, -0.15) is 0 Å². The molecular formula is C10H17N5. The van der Waals surface area contributed by atoms with Crippen LogP contribution in [0.4, 0.5) is 0 Å². The van der Waals surface area contributed by atoms with E-state index in [1.807, 2.05) is 6.33 Å². The predicted octanol–water partition coefficient (Wildman–Crippen LogP) is -0.154. The Kier molecular flexibility index (Phi) is 2.42. The molecule has 15 heavy (non-hydrogen) atoms. The van der Waals surface area contributed by atoms with Crippen molar-refractivity contribution in [3.05, 3.63) is 12.2 Å². The van der Waals surface area contributed by atoms with Crippen LogP contribution in [0.25, 0.3) is 0 Å². The molecule has 3 rings (SSSR count). The van der Waals surface area contributed by atoms with Crippen LogP contribution in [-0.2, 0) is 13.1 Å². The molecule has 5 heteroatoms. The van der Waals surface area contributed by atoms with Crippen LogP contribution in [0.5, 0.6) is 0 Å². The third-order valence-electron chi connectivity index (χ3n) is 3.49. The molecule has 1 saturated heterocycles. The molecule has 1 N–H and O–H groups in total. The van der Waals surface area contributed by atoms with E-state index in [1.54, 1.807) is 0 Å². The molecule has 0 saturated carbocycles. The summed E-state index contributed by atoms with van der Waals surface area (Å²) < 4.78 is 2.16. The normalized spacial score (nSPS) is 24.0. The minimum atomic E-state index is 0.747. The Morgan fingerprint density at radius 1 is 1.27 bits per heavy atom. The fraction of sp³-hybridized carbons (Fsp3) is 0.800. The molecule has 0 aliphatic carbocycles. The van der Waals surface area contributed by atoms with Crippen molar-refractivity contribution in [3.63, 3.8) is 0 Å². The summed E-state index contributed by atoms with van der Waals surface area (Å²) >= 11 is 0. The van der Waals surface area contributed by atoms with Crippen LogP contribution in [0.3, 0.4) is 0 Å². The first-order valence-corrected chi connectivity index (χ1v) is 5.75. The Bertz CT molecular complexity index is 328. The number of aromatic nitrogens is 3. The highest BCUT2D eigenvalue weighted by Gasteiger charge is 2.25. The quantitative estimate of drug-likeness (QED) is 0.695. The van der Waals surface area contributed by atoms with E-state index in [-0.39, 0.29) is 0 Å². The first-order valence-electron chi connectivity index (χ1n) is 5.75. The van der Waals surface area contributed by atoms with Crippen LogP contribution in [-0.4, -0.2) is 45.3 Å². The summed E-state index contributed by atoms with van der Waals surface area (Å²) in [6.45, 7) is 5.49. The van der Waals surface area contributed by atoms with Crippen LogP contribution in [0.2, 0.25) is 0 Å². The maximum Gasteiger partial charge on any atom is 0.147 e. The molecule has 82 valence electrons. The Labute approximate surface area is 89.5 Å². The number of hydrogen-bond acceptors (Lipinski definition) is 4. The van der Waals surface area contributed by atoms with Crippen LogP contribution in [0.1, 0.15) is 18.7 Å². The summed E-state index contributed by atoms with van der Waals surface area (Å²) in [7, 11) is 0. The zero-order valence-electron chi connectivity index (χ0n) is 8.89. The van der Waals surface area contributed by atoms with E-state index in [9.17, 15) is 0 Å². The molecule has 0 spiro atoms. The molecule has 0 unspecified atom stereocenters. The smallest absolute Gasteiger partial charge is 0.147 e. The topological polar surface area (TPSA) is 46.0 Å². The largest absolute Gasteiger partial charge is 0.317 e. The fourth-order valence-electron chi connectivity index (χ4n) is 2.57. The summed E-state index contributed by atoms with van der Waals surface area (Å²) in [6, 6.07) is 0.747. The number of nitrogens with one attached hydrogen (secondary N) is 1. The van der Waals surface area contributed by atoms with E-state index in [0.717, 1.165) is 44.6 Å². The summed E-state index contributed by atoms with van der Waals surface area (Å²) in [6.07, 6.45) is 4.39. The van der Waals surface area contributed by atoms with Gasteiger partial charge in [0.15, 0.2) is 0 Å². The van der Waals surface area contributed by atoms with Crippen molar-refractivity contribution in [2.24, 2.45) is 0 Å². The number of rotatable bonds is 1. The molecule has 1 aromatic heterocycles. The summed E-state index contributed by atoms with van der Waals surface area (Å²) in [5.41, 5.74) is 0. The zero-order valence-corrected chi connectivity index (χ0v) is 8.89. The van der Waals surface area contributed by atoms with Crippen LogP contribution in [0, 0.1) is 0 Å². The lowest BCUT2D eigenvalue weighted by Gasteiger charge is -2.36. The highest BCUT2D eigenvalue weighted by Crippen LogP contribution is 2.17. The highest BCUT2D eigenvalue weighted by atomic mass is 15.3. The fourth-order valence-corrected chi connectivity index (χ4v) is 2.57. The summed E-state index contributed by atoms with van der Waals surface area (Å²) in [5.74, 6) is 1.12. The van der Waals surface area contributed by atoms with Gasteiger partial charge in [-0.3, -0.25) is 4.90 Å². The van der Waals surface area contributed by atoms with E-state index >= 15 is 0 Å². The van der Waals surface area contributed by atoms with Crippen molar-refractivity contribution in [3.8, 4) is 0 Å². The van der Waals surface area contributed by atoms with Gasteiger partial charge in [-0.15, -0.1) is 10.2 Å². The van der Waals surface area contributed by atoms with Crippen molar-refractivity contribution < 1.29 is 0 Å². The van der Waals surface area contributed by atoms with E-state index in [2.05, 4.69) is 25.0 Å². The van der Waals surface area contributed by atoms with Crippen molar-refractivity contribution >= 4 is 0 Å². The lowest BCUT2D eigenvalue weighted by Crippen LogP contribution is -2.46. The second-order valence-electron chi connectivity index (χ2n) is 4.39. The molecule has 1 fully saturated rings. The zero-order chi connectivity index (χ0) is 10.1. The van der Waals surface area contributed by atoms with Gasteiger partial charge in [-0.05, 0) is 25.9 Å². The predicted molar refractivity (Wildman–Crippen MR) is 56.3 cm³/mol. The van der Waals surface area contributed by atoms with Gasteiger partial charge in [-0.25, -0.2) is 0 Å². The highest BCUT2D eigenvalue weighted by molar-refractivity contribution is 4.92. The molecule has 0 aromatic carbocycles. The number of nitrogens with zero attached hydrogens (tertiary/aromatic N) is 4.